The van der Waals surface area contributed by atoms with E-state index < -0.39 is 28.5 Å². The van der Waals surface area contributed by atoms with Gasteiger partial charge >= 0.3 is 0 Å². The molecule has 0 heterocycles. The summed E-state index contributed by atoms with van der Waals surface area (Å²) >= 11 is 0. The highest BCUT2D eigenvalue weighted by Crippen LogP contribution is 2.26. The lowest BCUT2D eigenvalue weighted by Gasteiger charge is -2.34. The Morgan fingerprint density at radius 2 is 1.63 bits per heavy atom. The van der Waals surface area contributed by atoms with Gasteiger partial charge in [0, 0.05) is 19.5 Å². The van der Waals surface area contributed by atoms with Crippen molar-refractivity contribution in [3.8, 4) is 5.75 Å². The lowest BCUT2D eigenvalue weighted by molar-refractivity contribution is -0.140. The molecule has 3 aromatic carbocycles. The Morgan fingerprint density at radius 1 is 0.951 bits per heavy atom. The Hall–Kier alpha value is -3.85. The highest BCUT2D eigenvalue weighted by atomic mass is 32.2. The summed E-state index contributed by atoms with van der Waals surface area (Å²) in [4.78, 5) is 29.4. The highest BCUT2D eigenvalue weighted by Gasteiger charge is 2.33. The molecule has 9 heteroatoms. The first-order chi connectivity index (χ1) is 19.5. The molecule has 1 N–H and O–H groups in total. The van der Waals surface area contributed by atoms with Crippen LogP contribution in [0.1, 0.15) is 42.0 Å². The fourth-order valence-electron chi connectivity index (χ4n) is 4.63. The monoisotopic (exact) mass is 579 g/mol. The lowest BCUT2D eigenvalue weighted by atomic mass is 10.0. The van der Waals surface area contributed by atoms with E-state index in [2.05, 4.69) is 5.32 Å². The fourth-order valence-corrected chi connectivity index (χ4v) is 5.53. The Kier molecular flexibility index (Phi) is 11.3. The van der Waals surface area contributed by atoms with Crippen molar-refractivity contribution in [2.24, 2.45) is 0 Å². The molecule has 0 fully saturated rings. The Morgan fingerprint density at radius 3 is 2.29 bits per heavy atom. The molecule has 0 aliphatic rings. The summed E-state index contributed by atoms with van der Waals surface area (Å²) in [6.07, 6.45) is 3.08. The predicted octanol–water partition coefficient (Wildman–Crippen LogP) is 4.63. The molecule has 220 valence electrons. The molecule has 8 nitrogen and oxygen atoms in total. The van der Waals surface area contributed by atoms with E-state index in [0.717, 1.165) is 45.7 Å². The van der Waals surface area contributed by atoms with Crippen molar-refractivity contribution in [2.75, 3.05) is 30.8 Å². The molecule has 3 rings (SSSR count). The van der Waals surface area contributed by atoms with Gasteiger partial charge in [0.05, 0.1) is 19.1 Å². The fraction of sp³-hybridized carbons (Fsp3) is 0.375. The number of benzene rings is 3. The second-order valence-corrected chi connectivity index (χ2v) is 12.1. The Bertz CT molecular complexity index is 1430. The number of rotatable bonds is 14. The number of anilines is 1. The second kappa shape index (κ2) is 14.7. The van der Waals surface area contributed by atoms with Gasteiger partial charge in [-0.1, -0.05) is 67.9 Å². The maximum absolute atomic E-state index is 14.2. The van der Waals surface area contributed by atoms with Gasteiger partial charge in [-0.3, -0.25) is 13.9 Å². The number of methoxy groups -OCH3 is 1. The zero-order chi connectivity index (χ0) is 30.0. The third-order valence-corrected chi connectivity index (χ3v) is 8.24. The second-order valence-electron chi connectivity index (χ2n) is 10.2. The number of carbonyl (C=O) groups excluding carboxylic acids is 2. The lowest BCUT2D eigenvalue weighted by Crippen LogP contribution is -2.53. The van der Waals surface area contributed by atoms with Gasteiger partial charge in [-0.2, -0.15) is 0 Å². The van der Waals surface area contributed by atoms with Crippen LogP contribution in [0.3, 0.4) is 0 Å². The Labute approximate surface area is 244 Å². The molecule has 41 heavy (non-hydrogen) atoms. The number of hydrogen-bond donors (Lipinski definition) is 1. The summed E-state index contributed by atoms with van der Waals surface area (Å²) in [5, 5.41) is 2.99. The molecule has 0 unspecified atom stereocenters. The van der Waals surface area contributed by atoms with Gasteiger partial charge in [-0.05, 0) is 60.7 Å². The van der Waals surface area contributed by atoms with E-state index in [1.54, 1.807) is 25.3 Å². The summed E-state index contributed by atoms with van der Waals surface area (Å²) in [5.41, 5.74) is 3.77. The van der Waals surface area contributed by atoms with Crippen LogP contribution >= 0.6 is 0 Å². The van der Waals surface area contributed by atoms with Crippen LogP contribution in [0.4, 0.5) is 5.69 Å². The van der Waals surface area contributed by atoms with Crippen LogP contribution in [-0.4, -0.2) is 57.6 Å². The van der Waals surface area contributed by atoms with Crippen LogP contribution in [0.25, 0.3) is 0 Å². The molecule has 0 spiro atoms. The molecule has 2 amide bonds. The number of carbonyl (C=O) groups is 2. The third kappa shape index (κ3) is 8.82. The maximum atomic E-state index is 14.2. The minimum absolute atomic E-state index is 0.0964. The molecule has 0 bridgehead atoms. The van der Waals surface area contributed by atoms with Crippen LogP contribution in [0.2, 0.25) is 0 Å². The average molecular weight is 580 g/mol. The largest absolute Gasteiger partial charge is 0.497 e. The highest BCUT2D eigenvalue weighted by molar-refractivity contribution is 7.92. The minimum Gasteiger partial charge on any atom is -0.497 e. The van der Waals surface area contributed by atoms with Crippen molar-refractivity contribution < 1.29 is 22.7 Å². The van der Waals surface area contributed by atoms with E-state index in [4.69, 9.17) is 4.74 Å². The summed E-state index contributed by atoms with van der Waals surface area (Å²) in [7, 11) is -2.26. The van der Waals surface area contributed by atoms with Crippen molar-refractivity contribution in [3.63, 3.8) is 0 Å². The molecule has 0 saturated heterocycles. The quantitative estimate of drug-likeness (QED) is 0.281. The minimum atomic E-state index is -3.83. The molecule has 0 aliphatic heterocycles. The first-order valence-corrected chi connectivity index (χ1v) is 15.7. The first-order valence-electron chi connectivity index (χ1n) is 13.8. The van der Waals surface area contributed by atoms with Gasteiger partial charge in [-0.25, -0.2) is 8.42 Å². The van der Waals surface area contributed by atoms with E-state index in [-0.39, 0.29) is 18.9 Å². The van der Waals surface area contributed by atoms with E-state index in [9.17, 15) is 18.0 Å². The van der Waals surface area contributed by atoms with E-state index in [1.807, 2.05) is 75.4 Å². The van der Waals surface area contributed by atoms with Crippen molar-refractivity contribution in [2.45, 2.75) is 52.6 Å². The zero-order valence-corrected chi connectivity index (χ0v) is 25.4. The van der Waals surface area contributed by atoms with Crippen LogP contribution < -0.4 is 14.4 Å². The van der Waals surface area contributed by atoms with Crippen LogP contribution in [0.5, 0.6) is 5.75 Å². The number of aryl methyl sites for hydroxylation is 1. The van der Waals surface area contributed by atoms with Crippen molar-refractivity contribution in [1.29, 1.82) is 0 Å². The number of nitrogens with zero attached hydrogens (tertiary/aromatic N) is 2. The SMILES string of the molecule is CCCCNC(=O)[C@@H](Cc1ccccc1)N(Cc1cccc(OC)c1)C(=O)CN(c1cccc(C)c1C)S(C)(=O)=O. The topological polar surface area (TPSA) is 96.0 Å². The van der Waals surface area contributed by atoms with Gasteiger partial charge in [0.2, 0.25) is 21.8 Å². The van der Waals surface area contributed by atoms with Crippen molar-refractivity contribution in [3.05, 3.63) is 95.1 Å². The molecule has 3 aromatic rings. The Balaban J connectivity index is 2.07. The molecule has 0 saturated carbocycles. The standard InChI is InChI=1S/C32H41N3O5S/c1-6-7-19-33-32(37)30(21-26-14-9-8-10-15-26)34(22-27-16-12-17-28(20-27)40-4)31(36)23-35(41(5,38)39)29-18-11-13-24(2)25(29)3/h8-18,20,30H,6-7,19,21-23H2,1-5H3,(H,33,37)/t30-/m1/s1. The summed E-state index contributed by atoms with van der Waals surface area (Å²) in [6, 6.07) is 21.3. The van der Waals surface area contributed by atoms with Crippen LogP contribution in [-0.2, 0) is 32.6 Å². The summed E-state index contributed by atoms with van der Waals surface area (Å²) in [6.45, 7) is 5.91. The number of sulfonamides is 1. The number of amides is 2. The van der Waals surface area contributed by atoms with E-state index >= 15 is 0 Å². The number of unbranched alkanes of at least 4 members (excludes halogenated alkanes) is 1. The smallest absolute Gasteiger partial charge is 0.244 e. The molecule has 0 aromatic heterocycles. The van der Waals surface area contributed by atoms with Gasteiger partial charge in [0.25, 0.3) is 0 Å². The average Bonchev–Trinajstić information content (AvgIpc) is 2.95. The van der Waals surface area contributed by atoms with Gasteiger partial charge < -0.3 is 15.0 Å². The molecule has 0 radical (unpaired) electrons. The molecule has 1 atom stereocenters. The van der Waals surface area contributed by atoms with Crippen molar-refractivity contribution >= 4 is 27.5 Å². The van der Waals surface area contributed by atoms with Gasteiger partial charge in [0.1, 0.15) is 18.3 Å². The van der Waals surface area contributed by atoms with Gasteiger partial charge in [0.15, 0.2) is 0 Å². The number of ether oxygens (including phenoxy) is 1. The van der Waals surface area contributed by atoms with E-state index in [1.165, 1.54) is 4.90 Å². The first kappa shape index (κ1) is 31.7. The number of nitrogens with one attached hydrogen (secondary N) is 1. The van der Waals surface area contributed by atoms with Crippen LogP contribution in [0, 0.1) is 13.8 Å². The summed E-state index contributed by atoms with van der Waals surface area (Å²) < 4.78 is 32.6. The maximum Gasteiger partial charge on any atom is 0.244 e. The number of hydrogen-bond acceptors (Lipinski definition) is 5. The van der Waals surface area contributed by atoms with Gasteiger partial charge in [-0.15, -0.1) is 0 Å². The molecule has 0 aliphatic carbocycles. The zero-order valence-electron chi connectivity index (χ0n) is 24.6. The van der Waals surface area contributed by atoms with Crippen molar-refractivity contribution in [1.82, 2.24) is 10.2 Å². The third-order valence-electron chi connectivity index (χ3n) is 7.11. The molecular formula is C32H41N3O5S. The van der Waals surface area contributed by atoms with E-state index in [0.29, 0.717) is 18.0 Å². The predicted molar refractivity (Wildman–Crippen MR) is 164 cm³/mol. The van der Waals surface area contributed by atoms with Crippen LogP contribution in [0.15, 0.2) is 72.8 Å². The molecular weight excluding hydrogens is 538 g/mol. The normalized spacial score (nSPS) is 11.9. The summed E-state index contributed by atoms with van der Waals surface area (Å²) in [5.74, 6) is -0.142.